The van der Waals surface area contributed by atoms with Crippen LogP contribution in [0.3, 0.4) is 0 Å². The van der Waals surface area contributed by atoms with Crippen LogP contribution >= 0.6 is 0 Å². The van der Waals surface area contributed by atoms with Crippen LogP contribution in [0.5, 0.6) is 23.0 Å². The van der Waals surface area contributed by atoms with Gasteiger partial charge < -0.3 is 48.4 Å². The third-order valence-electron chi connectivity index (χ3n) is 12.1. The van der Waals surface area contributed by atoms with E-state index in [1.54, 1.807) is 56.6 Å². The van der Waals surface area contributed by atoms with Crippen molar-refractivity contribution in [2.45, 2.75) is 75.7 Å². The highest BCUT2D eigenvalue weighted by atomic mass is 16.7. The highest BCUT2D eigenvalue weighted by molar-refractivity contribution is 6.03. The molecular weight excluding hydrogens is 807 g/mol. The molecule has 0 radical (unpaired) electrons. The monoisotopic (exact) mass is 867 g/mol. The fourth-order valence-corrected chi connectivity index (χ4v) is 9.15. The fraction of sp³-hybridized carbons (Fsp3) is 0.449. The van der Waals surface area contributed by atoms with Gasteiger partial charge in [0.25, 0.3) is 0 Å². The van der Waals surface area contributed by atoms with Crippen LogP contribution in [-0.4, -0.2) is 92.5 Å². The molecule has 2 amide bonds. The van der Waals surface area contributed by atoms with Crippen molar-refractivity contribution < 1.29 is 53.1 Å². The predicted octanol–water partition coefficient (Wildman–Crippen LogP) is 8.79. The molecule has 14 heteroatoms. The third-order valence-corrected chi connectivity index (χ3v) is 12.1. The minimum absolute atomic E-state index is 0.00225. The highest BCUT2D eigenvalue weighted by Crippen LogP contribution is 2.62. The summed E-state index contributed by atoms with van der Waals surface area (Å²) in [6.07, 6.45) is 9.26. The van der Waals surface area contributed by atoms with Crippen molar-refractivity contribution in [2.75, 3.05) is 53.0 Å². The second kappa shape index (κ2) is 22.5. The first-order valence-corrected chi connectivity index (χ1v) is 21.7. The zero-order valence-electron chi connectivity index (χ0n) is 36.5. The van der Waals surface area contributed by atoms with E-state index < -0.39 is 29.9 Å². The molecule has 1 aliphatic heterocycles. The molecule has 0 bridgehead atoms. The van der Waals surface area contributed by atoms with Crippen LogP contribution in [0.2, 0.25) is 0 Å². The number of methoxy groups -OCH3 is 2. The maximum absolute atomic E-state index is 13.9. The van der Waals surface area contributed by atoms with E-state index in [1.165, 1.54) is 12.0 Å². The van der Waals surface area contributed by atoms with Crippen LogP contribution in [0.1, 0.15) is 68.4 Å². The Bertz CT molecular complexity index is 2090. The Morgan fingerprint density at radius 3 is 2.43 bits per heavy atom. The zero-order valence-corrected chi connectivity index (χ0v) is 36.5. The summed E-state index contributed by atoms with van der Waals surface area (Å²) in [6.45, 7) is 8.33. The number of aliphatic hydroxyl groups excluding tert-OH is 2. The quantitative estimate of drug-likeness (QED) is 0.0502. The number of aliphatic hydroxyl groups is 2. The topological polar surface area (TPSA) is 167 Å². The summed E-state index contributed by atoms with van der Waals surface area (Å²) in [5, 5.41) is 27.4. The molecule has 3 aliphatic rings. The van der Waals surface area contributed by atoms with Gasteiger partial charge in [0.2, 0.25) is 5.79 Å². The van der Waals surface area contributed by atoms with Gasteiger partial charge in [-0.05, 0) is 85.4 Å². The molecule has 3 aromatic rings. The number of carbonyl (C=O) groups is 2. The molecular formula is C49H61N3O11. The van der Waals surface area contributed by atoms with E-state index in [4.69, 9.17) is 38.4 Å². The molecule has 6 unspecified atom stereocenters. The molecule has 14 nitrogen and oxygen atoms in total. The Balaban J connectivity index is 1.50. The van der Waals surface area contributed by atoms with Gasteiger partial charge in [0.05, 0.1) is 44.8 Å². The fourth-order valence-electron chi connectivity index (χ4n) is 9.15. The van der Waals surface area contributed by atoms with E-state index in [0.29, 0.717) is 47.9 Å². The first-order chi connectivity index (χ1) is 30.7. The number of carbonyl (C=O) groups excluding carboxylic acids is 2. The summed E-state index contributed by atoms with van der Waals surface area (Å²) in [5.74, 6) is -0.668. The Labute approximate surface area is 370 Å². The van der Waals surface area contributed by atoms with Crippen molar-refractivity contribution in [1.29, 1.82) is 0 Å². The first kappa shape index (κ1) is 46.7. The third kappa shape index (κ3) is 10.9. The van der Waals surface area contributed by atoms with Gasteiger partial charge in [0, 0.05) is 44.2 Å². The number of allylic oxidation sites excluding steroid dienone is 1. The molecule has 6 atom stereocenters. The average Bonchev–Trinajstić information content (AvgIpc) is 3.30. The molecule has 63 heavy (non-hydrogen) atoms. The molecule has 6 rings (SSSR count). The molecule has 3 N–H and O–H groups in total. The van der Waals surface area contributed by atoms with E-state index in [1.807, 2.05) is 36.4 Å². The SMILES string of the molecule is C=CCCOC(=O)N(C)C1CC(=NOCc2ccccc2)C2=CC(CCCCO)C(CCCCO)C3c4cc(OC(=O)Nc5ccc(OC)cc5OC)ccc4OC1(OCC=C)C23. The molecule has 1 saturated carbocycles. The lowest BCUT2D eigenvalue weighted by Gasteiger charge is -2.59. The smallest absolute Gasteiger partial charge is 0.417 e. The average molecular weight is 868 g/mol. The standard InChI is InChI=1S/C49H61N3O11/c1-6-8-27-59-48(56)52(3)44-31-41(51-61-32-33-16-10-9-11-17-33)38-28-34(18-12-14-24-53)37(19-13-15-25-54)45-39-29-36(21-23-42(39)63-49(44,46(38)45)60-26-7-2)62-47(55)50-40-22-20-35(57-4)30-43(40)58-5/h6-7,9-11,16-17,20-23,28-30,34,37,44-46,53-54H,1-2,8,12-15,18-19,24-27,31-32H2,3-5H3,(H,50,55). The van der Waals surface area contributed by atoms with Gasteiger partial charge >= 0.3 is 12.2 Å². The molecule has 2 aliphatic carbocycles. The van der Waals surface area contributed by atoms with Crippen molar-refractivity contribution in [3.8, 4) is 23.0 Å². The largest absolute Gasteiger partial charge is 0.497 e. The van der Waals surface area contributed by atoms with Crippen LogP contribution in [-0.2, 0) is 20.9 Å². The number of hydrogen-bond donors (Lipinski definition) is 3. The number of unbranched alkanes of at least 4 members (excludes halogenated alkanes) is 2. The Morgan fingerprint density at radius 2 is 1.71 bits per heavy atom. The predicted molar refractivity (Wildman–Crippen MR) is 239 cm³/mol. The van der Waals surface area contributed by atoms with Gasteiger partial charge in [-0.1, -0.05) is 66.6 Å². The minimum Gasteiger partial charge on any atom is -0.497 e. The molecule has 0 saturated heterocycles. The second-order valence-electron chi connectivity index (χ2n) is 15.9. The Hall–Kier alpha value is -5.83. The summed E-state index contributed by atoms with van der Waals surface area (Å²) < 4.78 is 36.6. The van der Waals surface area contributed by atoms with E-state index >= 15 is 0 Å². The van der Waals surface area contributed by atoms with Crippen LogP contribution in [0.4, 0.5) is 15.3 Å². The minimum atomic E-state index is -1.47. The Morgan fingerprint density at radius 1 is 0.952 bits per heavy atom. The lowest BCUT2D eigenvalue weighted by Crippen LogP contribution is -2.69. The number of nitrogens with zero attached hydrogens (tertiary/aromatic N) is 2. The van der Waals surface area contributed by atoms with Gasteiger partial charge in [-0.25, -0.2) is 9.59 Å². The molecule has 0 spiro atoms. The first-order valence-electron chi connectivity index (χ1n) is 21.7. The maximum Gasteiger partial charge on any atom is 0.417 e. The molecule has 0 aromatic heterocycles. The van der Waals surface area contributed by atoms with Gasteiger partial charge in [-0.2, -0.15) is 0 Å². The number of oxime groups is 1. The van der Waals surface area contributed by atoms with Gasteiger partial charge in [-0.3, -0.25) is 5.32 Å². The second-order valence-corrected chi connectivity index (χ2v) is 15.9. The number of rotatable bonds is 22. The van der Waals surface area contributed by atoms with Crippen molar-refractivity contribution in [2.24, 2.45) is 22.9 Å². The lowest BCUT2D eigenvalue weighted by atomic mass is 9.55. The summed E-state index contributed by atoms with van der Waals surface area (Å²) in [5.41, 5.74) is 3.64. The number of anilines is 1. The number of nitrogens with one attached hydrogen (secondary N) is 1. The van der Waals surface area contributed by atoms with E-state index in [2.05, 4.69) is 24.6 Å². The number of amides is 2. The van der Waals surface area contributed by atoms with Crippen molar-refractivity contribution >= 4 is 23.6 Å². The van der Waals surface area contributed by atoms with Crippen LogP contribution in [0, 0.1) is 17.8 Å². The number of likely N-dealkylation sites (N-methyl/N-ethyl adjacent to an activating group) is 1. The van der Waals surface area contributed by atoms with Crippen LogP contribution < -0.4 is 24.3 Å². The summed E-state index contributed by atoms with van der Waals surface area (Å²) >= 11 is 0. The van der Waals surface area contributed by atoms with Gasteiger partial charge in [0.1, 0.15) is 35.6 Å². The normalized spacial score (nSPS) is 22.6. The van der Waals surface area contributed by atoms with Crippen LogP contribution in [0.15, 0.2) is 109 Å². The van der Waals surface area contributed by atoms with Gasteiger partial charge in [-0.15, -0.1) is 13.2 Å². The highest BCUT2D eigenvalue weighted by Gasteiger charge is 2.65. The van der Waals surface area contributed by atoms with Crippen molar-refractivity contribution in [1.82, 2.24) is 4.90 Å². The van der Waals surface area contributed by atoms with Gasteiger partial charge in [0.15, 0.2) is 0 Å². The van der Waals surface area contributed by atoms with Crippen LogP contribution in [0.25, 0.3) is 0 Å². The van der Waals surface area contributed by atoms with E-state index in [0.717, 1.165) is 42.4 Å². The van der Waals surface area contributed by atoms with Crippen molar-refractivity contribution in [3.63, 3.8) is 0 Å². The summed E-state index contributed by atoms with van der Waals surface area (Å²) in [6, 6.07) is 19.3. The molecule has 1 fully saturated rings. The van der Waals surface area contributed by atoms with Crippen molar-refractivity contribution in [3.05, 3.63) is 115 Å². The molecule has 338 valence electrons. The van der Waals surface area contributed by atoms with E-state index in [9.17, 15) is 19.8 Å². The molecule has 1 heterocycles. The number of fused-ring (bicyclic) bond motifs is 2. The number of benzene rings is 3. The molecule has 3 aromatic carbocycles. The lowest BCUT2D eigenvalue weighted by molar-refractivity contribution is -0.253. The zero-order chi connectivity index (χ0) is 44.8. The Kier molecular flexibility index (Phi) is 16.7. The maximum atomic E-state index is 13.9. The summed E-state index contributed by atoms with van der Waals surface area (Å²) in [4.78, 5) is 35.1. The number of hydrogen-bond acceptors (Lipinski definition) is 12. The number of ether oxygens (including phenoxy) is 6. The van der Waals surface area contributed by atoms with E-state index in [-0.39, 0.29) is 63.0 Å². The summed E-state index contributed by atoms with van der Waals surface area (Å²) in [7, 11) is 4.72.